The molecule has 0 aliphatic carbocycles. The van der Waals surface area contributed by atoms with Crippen molar-refractivity contribution in [3.8, 4) is 5.75 Å². The van der Waals surface area contributed by atoms with Gasteiger partial charge in [-0.15, -0.1) is 0 Å². The lowest BCUT2D eigenvalue weighted by molar-refractivity contribution is 0.400. The third-order valence-electron chi connectivity index (χ3n) is 3.16. The lowest BCUT2D eigenvalue weighted by Gasteiger charge is -2.21. The van der Waals surface area contributed by atoms with Gasteiger partial charge in [-0.2, -0.15) is 5.10 Å². The van der Waals surface area contributed by atoms with Crippen LogP contribution in [0.1, 0.15) is 30.6 Å². The molecule has 2 rings (SSSR count). The van der Waals surface area contributed by atoms with Crippen LogP contribution >= 0.6 is 11.6 Å². The van der Waals surface area contributed by atoms with Gasteiger partial charge < -0.3 is 10.1 Å². The first-order chi connectivity index (χ1) is 9.69. The molecule has 20 heavy (non-hydrogen) atoms. The first-order valence-electron chi connectivity index (χ1n) is 6.57. The van der Waals surface area contributed by atoms with Crippen LogP contribution in [0.25, 0.3) is 0 Å². The summed E-state index contributed by atoms with van der Waals surface area (Å²) < 4.78 is 7.20. The lowest BCUT2D eigenvalue weighted by atomic mass is 10.0. The Labute approximate surface area is 123 Å². The number of pyridine rings is 1. The Bertz CT molecular complexity index is 551. The van der Waals surface area contributed by atoms with E-state index in [1.54, 1.807) is 30.4 Å². The highest BCUT2D eigenvalue weighted by atomic mass is 35.5. The van der Waals surface area contributed by atoms with Gasteiger partial charge in [0.1, 0.15) is 5.75 Å². The van der Waals surface area contributed by atoms with Crippen LogP contribution in [0.3, 0.4) is 0 Å². The second-order valence-electron chi connectivity index (χ2n) is 4.51. The molecule has 0 aliphatic heterocycles. The molecule has 0 radical (unpaired) electrons. The quantitative estimate of drug-likeness (QED) is 0.889. The number of nitrogens with zero attached hydrogens (tertiary/aromatic N) is 3. The van der Waals surface area contributed by atoms with Crippen LogP contribution in [0, 0.1) is 0 Å². The SMILES string of the molecule is CCCNC(c1ccncc1OC)c1c(Cl)cnn1C. The molecule has 2 aromatic rings. The average molecular weight is 295 g/mol. The first kappa shape index (κ1) is 14.8. The molecule has 0 fully saturated rings. The van der Waals surface area contributed by atoms with Crippen molar-refractivity contribution in [2.24, 2.45) is 7.05 Å². The zero-order valence-corrected chi connectivity index (χ0v) is 12.7. The fraction of sp³-hybridized carbons (Fsp3) is 0.429. The van der Waals surface area contributed by atoms with Gasteiger partial charge in [-0.25, -0.2) is 0 Å². The van der Waals surface area contributed by atoms with E-state index in [9.17, 15) is 0 Å². The molecule has 2 aromatic heterocycles. The van der Waals surface area contributed by atoms with E-state index in [1.165, 1.54) is 0 Å². The van der Waals surface area contributed by atoms with Crippen molar-refractivity contribution < 1.29 is 4.74 Å². The second-order valence-corrected chi connectivity index (χ2v) is 4.91. The predicted octanol–water partition coefficient (Wildman–Crippen LogP) is 2.57. The van der Waals surface area contributed by atoms with Gasteiger partial charge in [-0.1, -0.05) is 18.5 Å². The summed E-state index contributed by atoms with van der Waals surface area (Å²) in [6, 6.07) is 1.86. The number of halogens is 1. The molecule has 0 saturated carbocycles. The topological polar surface area (TPSA) is 52.0 Å². The Hall–Kier alpha value is -1.59. The summed E-state index contributed by atoms with van der Waals surface area (Å²) in [7, 11) is 3.53. The van der Waals surface area contributed by atoms with Gasteiger partial charge in [-0.05, 0) is 19.0 Å². The second kappa shape index (κ2) is 6.72. The maximum Gasteiger partial charge on any atom is 0.142 e. The molecule has 5 nitrogen and oxygen atoms in total. The molecule has 0 amide bonds. The molecule has 0 aliphatic rings. The normalized spacial score (nSPS) is 12.4. The summed E-state index contributed by atoms with van der Waals surface area (Å²) in [5, 5.41) is 8.34. The number of rotatable bonds is 6. The molecular weight excluding hydrogens is 276 g/mol. The average Bonchev–Trinajstić information content (AvgIpc) is 2.80. The number of hydrogen-bond donors (Lipinski definition) is 1. The first-order valence-corrected chi connectivity index (χ1v) is 6.95. The van der Waals surface area contributed by atoms with E-state index in [4.69, 9.17) is 16.3 Å². The zero-order chi connectivity index (χ0) is 14.5. The van der Waals surface area contributed by atoms with Gasteiger partial charge in [0.15, 0.2) is 0 Å². The Kier molecular flexibility index (Phi) is 4.98. The van der Waals surface area contributed by atoms with Crippen molar-refractivity contribution in [2.75, 3.05) is 13.7 Å². The number of hydrogen-bond acceptors (Lipinski definition) is 4. The number of methoxy groups -OCH3 is 1. The maximum atomic E-state index is 6.28. The van der Waals surface area contributed by atoms with Crippen LogP contribution in [-0.2, 0) is 7.05 Å². The number of nitrogens with one attached hydrogen (secondary N) is 1. The molecule has 0 aromatic carbocycles. The van der Waals surface area contributed by atoms with E-state index in [0.717, 1.165) is 30.0 Å². The molecule has 2 heterocycles. The molecular formula is C14H19ClN4O. The van der Waals surface area contributed by atoms with E-state index in [2.05, 4.69) is 22.3 Å². The Morgan fingerprint density at radius 3 is 2.85 bits per heavy atom. The molecule has 1 unspecified atom stereocenters. The summed E-state index contributed by atoms with van der Waals surface area (Å²) in [5.74, 6) is 0.735. The van der Waals surface area contributed by atoms with Crippen LogP contribution in [0.2, 0.25) is 5.02 Å². The largest absolute Gasteiger partial charge is 0.495 e. The maximum absolute atomic E-state index is 6.28. The minimum atomic E-state index is -0.0760. The van der Waals surface area contributed by atoms with E-state index >= 15 is 0 Å². The van der Waals surface area contributed by atoms with Crippen molar-refractivity contribution in [3.05, 3.63) is 40.9 Å². The van der Waals surface area contributed by atoms with Crippen LogP contribution in [0.4, 0.5) is 0 Å². The minimum Gasteiger partial charge on any atom is -0.495 e. The number of aromatic nitrogens is 3. The van der Waals surface area contributed by atoms with Crippen LogP contribution in [-0.4, -0.2) is 28.4 Å². The summed E-state index contributed by atoms with van der Waals surface area (Å²) >= 11 is 6.28. The molecule has 6 heteroatoms. The van der Waals surface area contributed by atoms with Crippen LogP contribution < -0.4 is 10.1 Å². The smallest absolute Gasteiger partial charge is 0.142 e. The van der Waals surface area contributed by atoms with E-state index in [0.29, 0.717) is 5.02 Å². The van der Waals surface area contributed by atoms with Crippen molar-refractivity contribution in [1.82, 2.24) is 20.1 Å². The highest BCUT2D eigenvalue weighted by Crippen LogP contribution is 2.32. The number of aryl methyl sites for hydroxylation is 1. The fourth-order valence-electron chi connectivity index (χ4n) is 2.19. The zero-order valence-electron chi connectivity index (χ0n) is 11.9. The van der Waals surface area contributed by atoms with Gasteiger partial charge in [0.25, 0.3) is 0 Å². The van der Waals surface area contributed by atoms with Crippen molar-refractivity contribution in [1.29, 1.82) is 0 Å². The van der Waals surface area contributed by atoms with Crippen LogP contribution in [0.15, 0.2) is 24.7 Å². The van der Waals surface area contributed by atoms with Crippen molar-refractivity contribution in [2.45, 2.75) is 19.4 Å². The third-order valence-corrected chi connectivity index (χ3v) is 3.45. The highest BCUT2D eigenvalue weighted by Gasteiger charge is 2.23. The standard InChI is InChI=1S/C14H19ClN4O/c1-4-6-17-13(14-11(15)8-18-19(14)2)10-5-7-16-9-12(10)20-3/h5,7-9,13,17H,4,6H2,1-3H3. The van der Waals surface area contributed by atoms with Crippen molar-refractivity contribution in [3.63, 3.8) is 0 Å². The number of ether oxygens (including phenoxy) is 1. The van der Waals surface area contributed by atoms with Gasteiger partial charge >= 0.3 is 0 Å². The Morgan fingerprint density at radius 2 is 2.25 bits per heavy atom. The molecule has 108 valence electrons. The van der Waals surface area contributed by atoms with Gasteiger partial charge in [0, 0.05) is 18.8 Å². The third kappa shape index (κ3) is 2.94. The Morgan fingerprint density at radius 1 is 1.45 bits per heavy atom. The predicted molar refractivity (Wildman–Crippen MR) is 79.1 cm³/mol. The molecule has 0 bridgehead atoms. The highest BCUT2D eigenvalue weighted by molar-refractivity contribution is 6.31. The lowest BCUT2D eigenvalue weighted by Crippen LogP contribution is -2.26. The summed E-state index contributed by atoms with van der Waals surface area (Å²) in [5.41, 5.74) is 1.92. The summed E-state index contributed by atoms with van der Waals surface area (Å²) in [4.78, 5) is 4.10. The molecule has 0 spiro atoms. The molecule has 1 atom stereocenters. The van der Waals surface area contributed by atoms with Crippen LogP contribution in [0.5, 0.6) is 5.75 Å². The van der Waals surface area contributed by atoms with E-state index in [-0.39, 0.29) is 6.04 Å². The Balaban J connectivity index is 2.47. The summed E-state index contributed by atoms with van der Waals surface area (Å²) in [6.07, 6.45) is 6.15. The van der Waals surface area contributed by atoms with Gasteiger partial charge in [-0.3, -0.25) is 9.67 Å². The van der Waals surface area contributed by atoms with Gasteiger partial charge in [0.2, 0.25) is 0 Å². The minimum absolute atomic E-state index is 0.0760. The monoisotopic (exact) mass is 294 g/mol. The van der Waals surface area contributed by atoms with E-state index < -0.39 is 0 Å². The van der Waals surface area contributed by atoms with Gasteiger partial charge in [0.05, 0.1) is 36.3 Å². The fourth-order valence-corrected chi connectivity index (χ4v) is 2.46. The molecule has 1 N–H and O–H groups in total. The summed E-state index contributed by atoms with van der Waals surface area (Å²) in [6.45, 7) is 3.00. The van der Waals surface area contributed by atoms with Crippen molar-refractivity contribution >= 4 is 11.6 Å². The molecule has 0 saturated heterocycles. The van der Waals surface area contributed by atoms with E-state index in [1.807, 2.05) is 13.1 Å².